The predicted octanol–water partition coefficient (Wildman–Crippen LogP) is 4.00. The SMILES string of the molecule is O=C1NCCC12CCC(c1cccc3ccccc13)CC2. The van der Waals surface area contributed by atoms with Crippen molar-refractivity contribution in [3.05, 3.63) is 48.0 Å². The lowest BCUT2D eigenvalue weighted by atomic mass is 9.68. The molecule has 0 aromatic heterocycles. The minimum atomic E-state index is -0.0406. The summed E-state index contributed by atoms with van der Waals surface area (Å²) < 4.78 is 0. The summed E-state index contributed by atoms with van der Waals surface area (Å²) in [6, 6.07) is 15.3. The van der Waals surface area contributed by atoms with Crippen molar-refractivity contribution in [2.75, 3.05) is 6.54 Å². The van der Waals surface area contributed by atoms with Gasteiger partial charge in [0.2, 0.25) is 5.91 Å². The summed E-state index contributed by atoms with van der Waals surface area (Å²) in [4.78, 5) is 12.1. The molecule has 1 N–H and O–H groups in total. The minimum Gasteiger partial charge on any atom is -0.356 e. The van der Waals surface area contributed by atoms with Crippen LogP contribution < -0.4 is 5.32 Å². The molecule has 2 nitrogen and oxygen atoms in total. The molecule has 1 aliphatic heterocycles. The quantitative estimate of drug-likeness (QED) is 0.839. The maximum Gasteiger partial charge on any atom is 0.226 e. The van der Waals surface area contributed by atoms with Crippen LogP contribution in [-0.2, 0) is 4.79 Å². The molecule has 2 heteroatoms. The van der Waals surface area contributed by atoms with E-state index in [0.717, 1.165) is 38.6 Å². The number of hydrogen-bond acceptors (Lipinski definition) is 1. The van der Waals surface area contributed by atoms with Crippen molar-refractivity contribution in [3.63, 3.8) is 0 Å². The van der Waals surface area contributed by atoms with Gasteiger partial charge in [0.25, 0.3) is 0 Å². The molecular weight excluding hydrogens is 258 g/mol. The number of carbonyl (C=O) groups is 1. The van der Waals surface area contributed by atoms with Crippen LogP contribution in [0.25, 0.3) is 10.8 Å². The first-order valence-electron chi connectivity index (χ1n) is 8.04. The Kier molecular flexibility index (Phi) is 2.99. The molecule has 0 bridgehead atoms. The average molecular weight is 279 g/mol. The third kappa shape index (κ3) is 2.05. The van der Waals surface area contributed by atoms with E-state index in [4.69, 9.17) is 0 Å². The second-order valence-electron chi connectivity index (χ2n) is 6.63. The van der Waals surface area contributed by atoms with Gasteiger partial charge in [-0.3, -0.25) is 4.79 Å². The van der Waals surface area contributed by atoms with Gasteiger partial charge < -0.3 is 5.32 Å². The van der Waals surface area contributed by atoms with Crippen LogP contribution in [0.5, 0.6) is 0 Å². The van der Waals surface area contributed by atoms with Crippen molar-refractivity contribution in [3.8, 4) is 0 Å². The molecule has 1 saturated heterocycles. The Hall–Kier alpha value is -1.83. The molecule has 2 aromatic carbocycles. The molecule has 1 heterocycles. The Bertz CT molecular complexity index is 678. The Morgan fingerprint density at radius 2 is 1.71 bits per heavy atom. The monoisotopic (exact) mass is 279 g/mol. The van der Waals surface area contributed by atoms with E-state index in [1.807, 2.05) is 0 Å². The highest BCUT2D eigenvalue weighted by atomic mass is 16.2. The average Bonchev–Trinajstić information content (AvgIpc) is 2.88. The second-order valence-corrected chi connectivity index (χ2v) is 6.63. The van der Waals surface area contributed by atoms with Gasteiger partial charge in [-0.2, -0.15) is 0 Å². The van der Waals surface area contributed by atoms with E-state index in [2.05, 4.69) is 47.8 Å². The van der Waals surface area contributed by atoms with Crippen LogP contribution in [0.4, 0.5) is 0 Å². The lowest BCUT2D eigenvalue weighted by molar-refractivity contribution is -0.129. The van der Waals surface area contributed by atoms with Gasteiger partial charge in [-0.25, -0.2) is 0 Å². The Labute approximate surface area is 125 Å². The first-order chi connectivity index (χ1) is 10.3. The van der Waals surface area contributed by atoms with Gasteiger partial charge in [-0.15, -0.1) is 0 Å². The van der Waals surface area contributed by atoms with E-state index < -0.39 is 0 Å². The number of hydrogen-bond donors (Lipinski definition) is 1. The van der Waals surface area contributed by atoms with Gasteiger partial charge in [0, 0.05) is 6.54 Å². The van der Waals surface area contributed by atoms with E-state index in [1.165, 1.54) is 16.3 Å². The molecule has 2 aromatic rings. The van der Waals surface area contributed by atoms with Crippen molar-refractivity contribution in [1.82, 2.24) is 5.32 Å². The molecule has 1 aliphatic carbocycles. The highest BCUT2D eigenvalue weighted by Gasteiger charge is 2.44. The van der Waals surface area contributed by atoms with Crippen molar-refractivity contribution in [2.45, 2.75) is 38.0 Å². The minimum absolute atomic E-state index is 0.0406. The lowest BCUT2D eigenvalue weighted by Crippen LogP contribution is -2.34. The zero-order valence-corrected chi connectivity index (χ0v) is 12.3. The topological polar surface area (TPSA) is 29.1 Å². The van der Waals surface area contributed by atoms with Crippen LogP contribution in [0.2, 0.25) is 0 Å². The molecule has 4 rings (SSSR count). The van der Waals surface area contributed by atoms with Gasteiger partial charge in [0.1, 0.15) is 0 Å². The Balaban J connectivity index is 1.62. The molecular formula is C19H21NO. The van der Waals surface area contributed by atoms with E-state index in [9.17, 15) is 4.79 Å². The molecule has 108 valence electrons. The van der Waals surface area contributed by atoms with Crippen LogP contribution in [0, 0.1) is 5.41 Å². The Morgan fingerprint density at radius 3 is 2.48 bits per heavy atom. The van der Waals surface area contributed by atoms with Crippen LogP contribution in [0.1, 0.15) is 43.6 Å². The van der Waals surface area contributed by atoms with Gasteiger partial charge in [0.05, 0.1) is 5.41 Å². The highest BCUT2D eigenvalue weighted by Crippen LogP contribution is 2.47. The molecule has 2 fully saturated rings. The molecule has 1 saturated carbocycles. The van der Waals surface area contributed by atoms with Gasteiger partial charge in [-0.1, -0.05) is 42.5 Å². The number of benzene rings is 2. The summed E-state index contributed by atoms with van der Waals surface area (Å²) in [5, 5.41) is 5.74. The van der Waals surface area contributed by atoms with Crippen molar-refractivity contribution < 1.29 is 4.79 Å². The molecule has 1 spiro atoms. The van der Waals surface area contributed by atoms with Crippen molar-refractivity contribution in [1.29, 1.82) is 0 Å². The fourth-order valence-corrected chi connectivity index (χ4v) is 4.28. The molecule has 1 amide bonds. The third-order valence-corrected chi connectivity index (χ3v) is 5.58. The highest BCUT2D eigenvalue weighted by molar-refractivity contribution is 5.87. The first kappa shape index (κ1) is 12.9. The summed E-state index contributed by atoms with van der Waals surface area (Å²) in [6.45, 7) is 0.873. The summed E-state index contributed by atoms with van der Waals surface area (Å²) >= 11 is 0. The maximum absolute atomic E-state index is 12.1. The molecule has 0 unspecified atom stereocenters. The number of fused-ring (bicyclic) bond motifs is 1. The summed E-state index contributed by atoms with van der Waals surface area (Å²) in [5.74, 6) is 0.911. The predicted molar refractivity (Wildman–Crippen MR) is 85.2 cm³/mol. The zero-order valence-electron chi connectivity index (χ0n) is 12.3. The summed E-state index contributed by atoms with van der Waals surface area (Å²) in [7, 11) is 0. The second kappa shape index (κ2) is 4.87. The van der Waals surface area contributed by atoms with E-state index >= 15 is 0 Å². The van der Waals surface area contributed by atoms with Crippen LogP contribution in [-0.4, -0.2) is 12.5 Å². The van der Waals surface area contributed by atoms with E-state index in [0.29, 0.717) is 11.8 Å². The van der Waals surface area contributed by atoms with Crippen LogP contribution >= 0.6 is 0 Å². The molecule has 21 heavy (non-hydrogen) atoms. The van der Waals surface area contributed by atoms with Gasteiger partial charge in [0.15, 0.2) is 0 Å². The largest absolute Gasteiger partial charge is 0.356 e. The van der Waals surface area contributed by atoms with Crippen molar-refractivity contribution >= 4 is 16.7 Å². The summed E-state index contributed by atoms with van der Waals surface area (Å²) in [5.41, 5.74) is 1.43. The fourth-order valence-electron chi connectivity index (χ4n) is 4.28. The summed E-state index contributed by atoms with van der Waals surface area (Å²) in [6.07, 6.45) is 5.41. The van der Waals surface area contributed by atoms with Crippen LogP contribution in [0.3, 0.4) is 0 Å². The fraction of sp³-hybridized carbons (Fsp3) is 0.421. The van der Waals surface area contributed by atoms with Crippen LogP contribution in [0.15, 0.2) is 42.5 Å². The number of nitrogens with one attached hydrogen (secondary N) is 1. The zero-order chi connectivity index (χ0) is 14.3. The van der Waals surface area contributed by atoms with E-state index in [-0.39, 0.29) is 5.41 Å². The van der Waals surface area contributed by atoms with E-state index in [1.54, 1.807) is 0 Å². The number of rotatable bonds is 1. The standard InChI is InChI=1S/C19H21NO/c21-18-19(12-13-20-18)10-8-15(9-11-19)17-7-3-5-14-4-1-2-6-16(14)17/h1-7,15H,8-13H2,(H,20,21). The lowest BCUT2D eigenvalue weighted by Gasteiger charge is -2.35. The molecule has 2 aliphatic rings. The normalized spacial score (nSPS) is 29.0. The molecule has 0 atom stereocenters. The van der Waals surface area contributed by atoms with Gasteiger partial charge >= 0.3 is 0 Å². The first-order valence-corrected chi connectivity index (χ1v) is 8.04. The number of amides is 1. The maximum atomic E-state index is 12.1. The smallest absolute Gasteiger partial charge is 0.226 e. The van der Waals surface area contributed by atoms with Crippen molar-refractivity contribution in [2.24, 2.45) is 5.41 Å². The number of carbonyl (C=O) groups excluding carboxylic acids is 1. The van der Waals surface area contributed by atoms with Gasteiger partial charge in [-0.05, 0) is 54.4 Å². The Morgan fingerprint density at radius 1 is 0.952 bits per heavy atom. The molecule has 0 radical (unpaired) electrons. The third-order valence-electron chi connectivity index (χ3n) is 5.58.